The first-order chi connectivity index (χ1) is 12.1. The van der Waals surface area contributed by atoms with Gasteiger partial charge in [0, 0.05) is 18.4 Å². The van der Waals surface area contributed by atoms with E-state index in [1.54, 1.807) is 11.8 Å². The van der Waals surface area contributed by atoms with Crippen molar-refractivity contribution < 1.29 is 9.53 Å². The fraction of sp³-hybridized carbons (Fsp3) is 0.316. The Balaban J connectivity index is 1.80. The summed E-state index contributed by atoms with van der Waals surface area (Å²) < 4.78 is 6.92. The van der Waals surface area contributed by atoms with E-state index in [2.05, 4.69) is 10.4 Å². The normalized spacial score (nSPS) is 13.1. The molecule has 0 saturated heterocycles. The minimum atomic E-state index is -0.105. The van der Waals surface area contributed by atoms with Gasteiger partial charge in [0.25, 0.3) is 5.91 Å². The van der Waals surface area contributed by atoms with Crippen LogP contribution in [-0.2, 0) is 19.9 Å². The summed E-state index contributed by atoms with van der Waals surface area (Å²) in [4.78, 5) is 17.8. The molecule has 0 saturated carbocycles. The van der Waals surface area contributed by atoms with Crippen molar-refractivity contribution >= 4 is 22.6 Å². The molecule has 0 spiro atoms. The van der Waals surface area contributed by atoms with Crippen molar-refractivity contribution in [3.05, 3.63) is 46.8 Å². The van der Waals surface area contributed by atoms with Gasteiger partial charge in [-0.3, -0.25) is 9.48 Å². The molecule has 1 N–H and O–H groups in total. The number of carbonyl (C=O) groups excluding carboxylic acids is 1. The predicted molar refractivity (Wildman–Crippen MR) is 96.2 cm³/mol. The van der Waals surface area contributed by atoms with Gasteiger partial charge in [-0.15, -0.1) is 0 Å². The van der Waals surface area contributed by atoms with Crippen molar-refractivity contribution in [1.29, 1.82) is 0 Å². The van der Waals surface area contributed by atoms with Gasteiger partial charge in [0.05, 0.1) is 23.8 Å². The molecule has 1 aliphatic rings. The van der Waals surface area contributed by atoms with Crippen LogP contribution in [-0.4, -0.2) is 27.8 Å². The minimum Gasteiger partial charge on any atom is -0.497 e. The number of pyridine rings is 1. The molecule has 0 bridgehead atoms. The number of methoxy groups -OCH3 is 1. The average Bonchev–Trinajstić information content (AvgIpc) is 3.18. The summed E-state index contributed by atoms with van der Waals surface area (Å²) in [6, 6.07) is 7.34. The Hall–Kier alpha value is -2.89. The van der Waals surface area contributed by atoms with Gasteiger partial charge in [0.1, 0.15) is 5.75 Å². The maximum Gasteiger partial charge on any atom is 0.256 e. The van der Waals surface area contributed by atoms with Crippen molar-refractivity contribution in [2.45, 2.75) is 26.2 Å². The molecule has 0 unspecified atom stereocenters. The molecule has 1 amide bonds. The van der Waals surface area contributed by atoms with Crippen LogP contribution in [0.3, 0.4) is 0 Å². The topological polar surface area (TPSA) is 69.0 Å². The smallest absolute Gasteiger partial charge is 0.256 e. The third kappa shape index (κ3) is 2.54. The van der Waals surface area contributed by atoms with Crippen LogP contribution in [0.5, 0.6) is 5.75 Å². The number of aryl methyl sites for hydroxylation is 3. The van der Waals surface area contributed by atoms with Crippen LogP contribution in [0.1, 0.15) is 33.7 Å². The van der Waals surface area contributed by atoms with Gasteiger partial charge < -0.3 is 10.1 Å². The highest BCUT2D eigenvalue weighted by Gasteiger charge is 2.26. The molecule has 4 rings (SSSR count). The summed E-state index contributed by atoms with van der Waals surface area (Å²) in [5.41, 5.74) is 5.16. The van der Waals surface area contributed by atoms with Crippen LogP contribution in [0.2, 0.25) is 0 Å². The van der Waals surface area contributed by atoms with E-state index >= 15 is 0 Å². The second-order valence-electron chi connectivity index (χ2n) is 6.36. The molecule has 6 nitrogen and oxygen atoms in total. The monoisotopic (exact) mass is 336 g/mol. The second kappa shape index (κ2) is 5.88. The minimum absolute atomic E-state index is 0.105. The molecule has 2 aromatic heterocycles. The number of nitrogens with one attached hydrogen (secondary N) is 1. The molecule has 0 aliphatic heterocycles. The number of hydrogen-bond donors (Lipinski definition) is 1. The number of fused-ring (bicyclic) bond motifs is 2. The number of amides is 1. The van der Waals surface area contributed by atoms with E-state index in [-0.39, 0.29) is 5.91 Å². The molecule has 0 radical (unpaired) electrons. The van der Waals surface area contributed by atoms with E-state index in [0.29, 0.717) is 0 Å². The van der Waals surface area contributed by atoms with Gasteiger partial charge in [-0.1, -0.05) is 0 Å². The van der Waals surface area contributed by atoms with E-state index in [9.17, 15) is 4.79 Å². The molecule has 25 heavy (non-hydrogen) atoms. The van der Waals surface area contributed by atoms with Crippen LogP contribution in [0.25, 0.3) is 11.0 Å². The number of hydrogen-bond acceptors (Lipinski definition) is 4. The third-order valence-corrected chi connectivity index (χ3v) is 4.75. The van der Waals surface area contributed by atoms with Crippen molar-refractivity contribution in [2.24, 2.45) is 7.05 Å². The number of ether oxygens (including phenoxy) is 1. The van der Waals surface area contributed by atoms with E-state index in [4.69, 9.17) is 9.72 Å². The summed E-state index contributed by atoms with van der Waals surface area (Å²) in [7, 11) is 3.49. The first-order valence-electron chi connectivity index (χ1n) is 8.39. The Morgan fingerprint density at radius 3 is 2.72 bits per heavy atom. The number of nitrogens with zero attached hydrogens (tertiary/aromatic N) is 3. The summed E-state index contributed by atoms with van der Waals surface area (Å²) in [5.74, 6) is 0.653. The van der Waals surface area contributed by atoms with E-state index < -0.39 is 0 Å². The average molecular weight is 336 g/mol. The largest absolute Gasteiger partial charge is 0.497 e. The third-order valence-electron chi connectivity index (χ3n) is 4.75. The van der Waals surface area contributed by atoms with E-state index in [0.717, 1.165) is 64.2 Å². The van der Waals surface area contributed by atoms with Gasteiger partial charge in [0.2, 0.25) is 0 Å². The van der Waals surface area contributed by atoms with Gasteiger partial charge in [-0.05, 0) is 56.0 Å². The summed E-state index contributed by atoms with van der Waals surface area (Å²) >= 11 is 0. The second-order valence-corrected chi connectivity index (χ2v) is 6.36. The SMILES string of the molecule is COc1ccc(NC(=O)c2c3c(nc4c2c(C)nn4C)CCC3)cc1. The molecule has 128 valence electrons. The van der Waals surface area contributed by atoms with Crippen molar-refractivity contribution in [3.63, 3.8) is 0 Å². The quantitative estimate of drug-likeness (QED) is 0.798. The Morgan fingerprint density at radius 2 is 2.00 bits per heavy atom. The lowest BCUT2D eigenvalue weighted by atomic mass is 10.0. The molecule has 0 atom stereocenters. The molecular weight excluding hydrogens is 316 g/mol. The Labute approximate surface area is 145 Å². The van der Waals surface area contributed by atoms with Crippen molar-refractivity contribution in [2.75, 3.05) is 12.4 Å². The zero-order valence-corrected chi connectivity index (χ0v) is 14.6. The molecule has 1 aromatic carbocycles. The number of aromatic nitrogens is 3. The number of carbonyl (C=O) groups is 1. The summed E-state index contributed by atoms with van der Waals surface area (Å²) in [6.45, 7) is 1.93. The lowest BCUT2D eigenvalue weighted by Crippen LogP contribution is -2.16. The highest BCUT2D eigenvalue weighted by atomic mass is 16.5. The van der Waals surface area contributed by atoms with Gasteiger partial charge in [-0.25, -0.2) is 4.98 Å². The molecule has 6 heteroatoms. The standard InChI is InChI=1S/C19H20N4O2/c1-11-16-17(19(24)20-12-7-9-13(25-3)10-8-12)14-5-4-6-15(14)21-18(16)23(2)22-11/h7-10H,4-6H2,1-3H3,(H,20,24). The van der Waals surface area contributed by atoms with Gasteiger partial charge >= 0.3 is 0 Å². The number of benzene rings is 1. The molecule has 3 aromatic rings. The van der Waals surface area contributed by atoms with Crippen LogP contribution in [0.4, 0.5) is 5.69 Å². The molecule has 0 fully saturated rings. The Bertz CT molecular complexity index is 973. The van der Waals surface area contributed by atoms with Crippen LogP contribution in [0, 0.1) is 6.92 Å². The maximum absolute atomic E-state index is 13.1. The summed E-state index contributed by atoms with van der Waals surface area (Å²) in [6.07, 6.45) is 2.84. The van der Waals surface area contributed by atoms with Gasteiger partial charge in [-0.2, -0.15) is 5.10 Å². The molecular formula is C19H20N4O2. The molecule has 1 aliphatic carbocycles. The number of rotatable bonds is 3. The molecule has 2 heterocycles. The zero-order valence-electron chi connectivity index (χ0n) is 14.6. The van der Waals surface area contributed by atoms with Crippen LogP contribution < -0.4 is 10.1 Å². The lowest BCUT2D eigenvalue weighted by molar-refractivity contribution is 0.102. The highest BCUT2D eigenvalue weighted by molar-refractivity contribution is 6.14. The zero-order chi connectivity index (χ0) is 17.6. The summed E-state index contributed by atoms with van der Waals surface area (Å²) in [5, 5.41) is 8.33. The predicted octanol–water partition coefficient (Wildman–Crippen LogP) is 3.03. The lowest BCUT2D eigenvalue weighted by Gasteiger charge is -2.12. The fourth-order valence-corrected chi connectivity index (χ4v) is 3.58. The highest BCUT2D eigenvalue weighted by Crippen LogP contribution is 2.32. The first-order valence-corrected chi connectivity index (χ1v) is 8.39. The van der Waals surface area contributed by atoms with Crippen LogP contribution in [0.15, 0.2) is 24.3 Å². The number of anilines is 1. The van der Waals surface area contributed by atoms with Crippen molar-refractivity contribution in [1.82, 2.24) is 14.8 Å². The van der Waals surface area contributed by atoms with Gasteiger partial charge in [0.15, 0.2) is 5.65 Å². The van der Waals surface area contributed by atoms with Crippen molar-refractivity contribution in [3.8, 4) is 5.75 Å². The Kier molecular flexibility index (Phi) is 3.67. The maximum atomic E-state index is 13.1. The first kappa shape index (κ1) is 15.6. The van der Waals surface area contributed by atoms with Crippen LogP contribution >= 0.6 is 0 Å². The van der Waals surface area contributed by atoms with E-state index in [1.165, 1.54) is 0 Å². The van der Waals surface area contributed by atoms with E-state index in [1.807, 2.05) is 38.2 Å². The fourth-order valence-electron chi connectivity index (χ4n) is 3.58. The Morgan fingerprint density at radius 1 is 1.24 bits per heavy atom.